The Labute approximate surface area is 62.3 Å². The summed E-state index contributed by atoms with van der Waals surface area (Å²) in [6.45, 7) is 6.00. The molecule has 62 valence electrons. The van der Waals surface area contributed by atoms with Crippen LogP contribution in [0.2, 0.25) is 0 Å². The molecule has 0 saturated carbocycles. The molecule has 1 saturated heterocycles. The molecule has 0 atom stereocenters. The summed E-state index contributed by atoms with van der Waals surface area (Å²) in [4.78, 5) is 3.75. The first-order chi connectivity index (χ1) is 4.77. The Bertz CT molecular complexity index is 55.0. The van der Waals surface area contributed by atoms with Gasteiger partial charge in [-0.15, -0.1) is 0 Å². The summed E-state index contributed by atoms with van der Waals surface area (Å²) in [5.41, 5.74) is 0. The molecule has 0 aromatic heterocycles. The van der Waals surface area contributed by atoms with Crippen LogP contribution in [0, 0.1) is 0 Å². The van der Waals surface area contributed by atoms with E-state index in [-0.39, 0.29) is 6.10 Å². The molecule has 0 aliphatic carbocycles. The molecule has 0 bridgehead atoms. The Morgan fingerprint density at radius 2 is 1.70 bits per heavy atom. The van der Waals surface area contributed by atoms with Crippen LogP contribution in [-0.4, -0.2) is 24.5 Å². The summed E-state index contributed by atoms with van der Waals surface area (Å²) in [6, 6.07) is 0. The second-order valence-corrected chi connectivity index (χ2v) is 2.61. The third-order valence-electron chi connectivity index (χ3n) is 1.17. The van der Waals surface area contributed by atoms with E-state index in [0.29, 0.717) is 0 Å². The normalized spacial score (nSPS) is 16.8. The standard InChI is InChI=1S/C4H9N.C3H8O2/c1-2-4-5-3-1;1-3(2)5-4/h5H,1-4H2;3-4H,1-2H3. The maximum atomic E-state index is 7.64. The van der Waals surface area contributed by atoms with Gasteiger partial charge in [0.1, 0.15) is 0 Å². The average molecular weight is 147 g/mol. The Morgan fingerprint density at radius 3 is 1.80 bits per heavy atom. The van der Waals surface area contributed by atoms with Gasteiger partial charge in [-0.1, -0.05) is 0 Å². The van der Waals surface area contributed by atoms with Gasteiger partial charge in [-0.05, 0) is 39.8 Å². The Kier molecular flexibility index (Phi) is 6.91. The monoisotopic (exact) mass is 147 g/mol. The van der Waals surface area contributed by atoms with Gasteiger partial charge in [0.05, 0.1) is 6.10 Å². The van der Waals surface area contributed by atoms with E-state index < -0.39 is 0 Å². The van der Waals surface area contributed by atoms with Crippen LogP contribution in [-0.2, 0) is 4.89 Å². The first-order valence-electron chi connectivity index (χ1n) is 3.78. The van der Waals surface area contributed by atoms with Crippen molar-refractivity contribution in [2.75, 3.05) is 13.1 Å². The van der Waals surface area contributed by atoms with Crippen molar-refractivity contribution in [3.8, 4) is 0 Å². The highest BCUT2D eigenvalue weighted by Crippen LogP contribution is 1.90. The van der Waals surface area contributed by atoms with Gasteiger partial charge in [0.15, 0.2) is 0 Å². The summed E-state index contributed by atoms with van der Waals surface area (Å²) in [5, 5.41) is 10.9. The smallest absolute Gasteiger partial charge is 0.0871 e. The molecule has 1 aliphatic heterocycles. The van der Waals surface area contributed by atoms with E-state index in [1.807, 2.05) is 0 Å². The van der Waals surface area contributed by atoms with Gasteiger partial charge in [-0.3, -0.25) is 5.26 Å². The predicted octanol–water partition coefficient (Wildman–Crippen LogP) is 1.25. The molecule has 2 N–H and O–H groups in total. The van der Waals surface area contributed by atoms with E-state index in [1.54, 1.807) is 13.8 Å². The maximum absolute atomic E-state index is 7.64. The molecular formula is C7H17NO2. The quantitative estimate of drug-likeness (QED) is 0.433. The average Bonchev–Trinajstić information content (AvgIpc) is 2.43. The molecule has 1 heterocycles. The molecule has 0 unspecified atom stereocenters. The molecule has 1 fully saturated rings. The van der Waals surface area contributed by atoms with Crippen LogP contribution in [0.3, 0.4) is 0 Å². The molecule has 0 spiro atoms. The number of hydrogen-bond acceptors (Lipinski definition) is 3. The lowest BCUT2D eigenvalue weighted by Gasteiger charge is -1.91. The van der Waals surface area contributed by atoms with Gasteiger partial charge in [-0.2, -0.15) is 0 Å². The number of rotatable bonds is 1. The lowest BCUT2D eigenvalue weighted by Crippen LogP contribution is -2.03. The minimum absolute atomic E-state index is 0.0602. The lowest BCUT2D eigenvalue weighted by atomic mass is 10.4. The van der Waals surface area contributed by atoms with Gasteiger partial charge in [0.2, 0.25) is 0 Å². The highest BCUT2D eigenvalue weighted by atomic mass is 17.1. The van der Waals surface area contributed by atoms with Crippen molar-refractivity contribution in [2.24, 2.45) is 0 Å². The van der Waals surface area contributed by atoms with E-state index in [2.05, 4.69) is 10.2 Å². The zero-order valence-electron chi connectivity index (χ0n) is 6.76. The van der Waals surface area contributed by atoms with Gasteiger partial charge in [0.25, 0.3) is 0 Å². The fraction of sp³-hybridized carbons (Fsp3) is 1.00. The fourth-order valence-corrected chi connectivity index (χ4v) is 0.625. The van der Waals surface area contributed by atoms with Crippen molar-refractivity contribution in [3.05, 3.63) is 0 Å². The molecule has 0 amide bonds. The van der Waals surface area contributed by atoms with E-state index >= 15 is 0 Å². The second kappa shape index (κ2) is 6.99. The molecule has 3 heteroatoms. The minimum Gasteiger partial charge on any atom is -0.317 e. The molecule has 0 aromatic carbocycles. The van der Waals surface area contributed by atoms with Crippen molar-refractivity contribution in [3.63, 3.8) is 0 Å². The number of hydrogen-bond donors (Lipinski definition) is 2. The predicted molar refractivity (Wildman–Crippen MR) is 41.0 cm³/mol. The highest BCUT2D eigenvalue weighted by molar-refractivity contribution is 4.55. The van der Waals surface area contributed by atoms with Crippen LogP contribution >= 0.6 is 0 Å². The fourth-order valence-electron chi connectivity index (χ4n) is 0.625. The largest absolute Gasteiger partial charge is 0.317 e. The maximum Gasteiger partial charge on any atom is 0.0871 e. The first-order valence-corrected chi connectivity index (χ1v) is 3.78. The van der Waals surface area contributed by atoms with E-state index in [0.717, 1.165) is 0 Å². The van der Waals surface area contributed by atoms with Crippen LogP contribution in [0.25, 0.3) is 0 Å². The van der Waals surface area contributed by atoms with Crippen molar-refractivity contribution >= 4 is 0 Å². The molecule has 0 aromatic rings. The SMILES string of the molecule is C1CCNC1.CC(C)OO. The minimum atomic E-state index is -0.0602. The summed E-state index contributed by atoms with van der Waals surface area (Å²) in [5.74, 6) is 0. The van der Waals surface area contributed by atoms with Gasteiger partial charge in [-0.25, -0.2) is 4.89 Å². The lowest BCUT2D eigenvalue weighted by molar-refractivity contribution is -0.269. The van der Waals surface area contributed by atoms with Crippen molar-refractivity contribution in [1.82, 2.24) is 5.32 Å². The van der Waals surface area contributed by atoms with E-state index in [1.165, 1.54) is 25.9 Å². The van der Waals surface area contributed by atoms with Crippen LogP contribution in [0.5, 0.6) is 0 Å². The molecular weight excluding hydrogens is 130 g/mol. The van der Waals surface area contributed by atoms with Crippen molar-refractivity contribution < 1.29 is 10.1 Å². The van der Waals surface area contributed by atoms with Crippen molar-refractivity contribution in [2.45, 2.75) is 32.8 Å². The number of nitrogens with one attached hydrogen (secondary N) is 1. The van der Waals surface area contributed by atoms with Gasteiger partial charge in [0, 0.05) is 0 Å². The van der Waals surface area contributed by atoms with Gasteiger partial charge >= 0.3 is 0 Å². The molecule has 10 heavy (non-hydrogen) atoms. The van der Waals surface area contributed by atoms with Crippen LogP contribution in [0.4, 0.5) is 0 Å². The van der Waals surface area contributed by atoms with Crippen LogP contribution in [0.15, 0.2) is 0 Å². The van der Waals surface area contributed by atoms with E-state index in [9.17, 15) is 0 Å². The van der Waals surface area contributed by atoms with Crippen LogP contribution in [0.1, 0.15) is 26.7 Å². The van der Waals surface area contributed by atoms with Crippen LogP contribution < -0.4 is 5.32 Å². The second-order valence-electron chi connectivity index (χ2n) is 2.61. The molecule has 1 aliphatic rings. The Morgan fingerprint density at radius 1 is 1.30 bits per heavy atom. The topological polar surface area (TPSA) is 41.5 Å². The third kappa shape index (κ3) is 7.88. The van der Waals surface area contributed by atoms with Gasteiger partial charge < -0.3 is 5.32 Å². The summed E-state index contributed by atoms with van der Waals surface area (Å²) in [6.07, 6.45) is 2.72. The van der Waals surface area contributed by atoms with Crippen molar-refractivity contribution in [1.29, 1.82) is 0 Å². The summed E-state index contributed by atoms with van der Waals surface area (Å²) >= 11 is 0. The summed E-state index contributed by atoms with van der Waals surface area (Å²) in [7, 11) is 0. The molecule has 3 nitrogen and oxygen atoms in total. The zero-order chi connectivity index (χ0) is 7.82. The Hall–Kier alpha value is -0.120. The Balaban J connectivity index is 0.000000162. The molecule has 1 rings (SSSR count). The van der Waals surface area contributed by atoms with E-state index in [4.69, 9.17) is 5.26 Å². The summed E-state index contributed by atoms with van der Waals surface area (Å²) < 4.78 is 0. The molecule has 0 radical (unpaired) electrons. The first kappa shape index (κ1) is 9.88. The third-order valence-corrected chi connectivity index (χ3v) is 1.17. The highest BCUT2D eigenvalue weighted by Gasteiger charge is 1.93. The zero-order valence-corrected chi connectivity index (χ0v) is 6.76.